The van der Waals surface area contributed by atoms with E-state index in [0.717, 1.165) is 10.1 Å². The van der Waals surface area contributed by atoms with Gasteiger partial charge in [0.1, 0.15) is 10.2 Å². The maximum absolute atomic E-state index is 13.4. The Bertz CT molecular complexity index is 575. The highest BCUT2D eigenvalue weighted by atomic mass is 32.2. The van der Waals surface area contributed by atoms with Gasteiger partial charge in [-0.3, -0.25) is 4.79 Å². The Labute approximate surface area is 124 Å². The van der Waals surface area contributed by atoms with Crippen molar-refractivity contribution < 1.29 is 9.18 Å². The molecule has 0 saturated carbocycles. The fourth-order valence-electron chi connectivity index (χ4n) is 1.53. The zero-order valence-corrected chi connectivity index (χ0v) is 12.3. The van der Waals surface area contributed by atoms with Crippen molar-refractivity contribution in [1.82, 2.24) is 4.98 Å². The number of rotatable bonds is 6. The summed E-state index contributed by atoms with van der Waals surface area (Å²) in [5, 5.41) is 4.44. The molecule has 0 bridgehead atoms. The van der Waals surface area contributed by atoms with Gasteiger partial charge in [0.05, 0.1) is 5.69 Å². The lowest BCUT2D eigenvalue weighted by molar-refractivity contribution is -0.116. The van der Waals surface area contributed by atoms with Gasteiger partial charge in [-0.25, -0.2) is 9.37 Å². The van der Waals surface area contributed by atoms with Gasteiger partial charge in [0.2, 0.25) is 5.91 Å². The van der Waals surface area contributed by atoms with Crippen molar-refractivity contribution in [2.45, 2.75) is 17.2 Å². The SMILES string of the molecule is Nc1ccc(F)c(NC(=O)CCCSc2nccs2)c1. The molecule has 0 atom stereocenters. The lowest BCUT2D eigenvalue weighted by atomic mass is 10.2. The lowest BCUT2D eigenvalue weighted by Crippen LogP contribution is -2.12. The molecule has 0 aliphatic rings. The molecular weight excluding hydrogens is 297 g/mol. The molecule has 0 unspecified atom stereocenters. The number of nitrogens with two attached hydrogens (primary N) is 1. The molecule has 4 nitrogen and oxygen atoms in total. The van der Waals surface area contributed by atoms with Crippen LogP contribution in [0.25, 0.3) is 0 Å². The second-order valence-electron chi connectivity index (χ2n) is 4.04. The van der Waals surface area contributed by atoms with Crippen molar-refractivity contribution >= 4 is 40.4 Å². The number of thiazole rings is 1. The third-order valence-electron chi connectivity index (χ3n) is 2.45. The highest BCUT2D eigenvalue weighted by Gasteiger charge is 2.07. The Morgan fingerprint density at radius 1 is 1.50 bits per heavy atom. The highest BCUT2D eigenvalue weighted by Crippen LogP contribution is 2.22. The number of nitrogens with zero attached hydrogens (tertiary/aromatic N) is 1. The van der Waals surface area contributed by atoms with Crippen LogP contribution in [0, 0.1) is 5.82 Å². The molecule has 1 heterocycles. The van der Waals surface area contributed by atoms with Crippen LogP contribution in [0.15, 0.2) is 34.1 Å². The number of nitrogens with one attached hydrogen (secondary N) is 1. The van der Waals surface area contributed by atoms with Crippen LogP contribution in [0.2, 0.25) is 0 Å². The van der Waals surface area contributed by atoms with E-state index >= 15 is 0 Å². The number of halogens is 1. The number of hydrogen-bond acceptors (Lipinski definition) is 5. The second kappa shape index (κ2) is 7.25. The summed E-state index contributed by atoms with van der Waals surface area (Å²) in [5.74, 6) is 0.110. The van der Waals surface area contributed by atoms with E-state index in [1.54, 1.807) is 29.3 Å². The van der Waals surface area contributed by atoms with Crippen LogP contribution in [0.4, 0.5) is 15.8 Å². The Balaban J connectivity index is 1.73. The van der Waals surface area contributed by atoms with Gasteiger partial charge in [-0.1, -0.05) is 11.8 Å². The zero-order chi connectivity index (χ0) is 14.4. The predicted molar refractivity (Wildman–Crippen MR) is 81.5 cm³/mol. The molecule has 0 spiro atoms. The van der Waals surface area contributed by atoms with Crippen molar-refractivity contribution in [2.75, 3.05) is 16.8 Å². The fraction of sp³-hybridized carbons (Fsp3) is 0.231. The summed E-state index contributed by atoms with van der Waals surface area (Å²) in [5.41, 5.74) is 6.10. The van der Waals surface area contributed by atoms with Gasteiger partial charge in [0, 0.05) is 29.4 Å². The minimum Gasteiger partial charge on any atom is -0.399 e. The number of hydrogen-bond donors (Lipinski definition) is 2. The van der Waals surface area contributed by atoms with Gasteiger partial charge in [-0.2, -0.15) is 0 Å². The maximum Gasteiger partial charge on any atom is 0.224 e. The van der Waals surface area contributed by atoms with E-state index in [1.165, 1.54) is 18.2 Å². The fourth-order valence-corrected chi connectivity index (χ4v) is 3.17. The first kappa shape index (κ1) is 14.8. The first-order valence-electron chi connectivity index (χ1n) is 6.02. The molecule has 3 N–H and O–H groups in total. The smallest absolute Gasteiger partial charge is 0.224 e. The summed E-state index contributed by atoms with van der Waals surface area (Å²) < 4.78 is 14.4. The summed E-state index contributed by atoms with van der Waals surface area (Å²) >= 11 is 3.19. The number of thioether (sulfide) groups is 1. The second-order valence-corrected chi connectivity index (χ2v) is 6.27. The number of nitrogen functional groups attached to an aromatic ring is 1. The minimum absolute atomic E-state index is 0.127. The molecule has 0 saturated heterocycles. The van der Waals surface area contributed by atoms with Crippen molar-refractivity contribution in [3.8, 4) is 0 Å². The summed E-state index contributed by atoms with van der Waals surface area (Å²) in [6.07, 6.45) is 2.80. The standard InChI is InChI=1S/C13H14FN3OS2/c14-10-4-3-9(15)8-11(10)17-12(18)2-1-6-19-13-16-5-7-20-13/h3-5,7-8H,1-2,6,15H2,(H,17,18). The van der Waals surface area contributed by atoms with Crippen LogP contribution in [0.5, 0.6) is 0 Å². The van der Waals surface area contributed by atoms with Crippen molar-refractivity contribution in [3.63, 3.8) is 0 Å². The van der Waals surface area contributed by atoms with E-state index in [1.807, 2.05) is 5.38 Å². The van der Waals surface area contributed by atoms with E-state index in [0.29, 0.717) is 18.5 Å². The number of benzene rings is 1. The lowest BCUT2D eigenvalue weighted by Gasteiger charge is -2.07. The summed E-state index contributed by atoms with van der Waals surface area (Å²) in [7, 11) is 0. The summed E-state index contributed by atoms with van der Waals surface area (Å²) in [6, 6.07) is 4.11. The van der Waals surface area contributed by atoms with Crippen molar-refractivity contribution in [3.05, 3.63) is 35.6 Å². The summed E-state index contributed by atoms with van der Waals surface area (Å²) in [6.45, 7) is 0. The number of anilines is 2. The van der Waals surface area contributed by atoms with Gasteiger partial charge >= 0.3 is 0 Å². The predicted octanol–water partition coefficient (Wildman–Crippen LogP) is 3.38. The molecule has 20 heavy (non-hydrogen) atoms. The maximum atomic E-state index is 13.4. The average Bonchev–Trinajstić information content (AvgIpc) is 2.92. The van der Waals surface area contributed by atoms with E-state index in [4.69, 9.17) is 5.73 Å². The Morgan fingerprint density at radius 2 is 2.35 bits per heavy atom. The largest absolute Gasteiger partial charge is 0.399 e. The van der Waals surface area contributed by atoms with E-state index in [2.05, 4.69) is 10.3 Å². The summed E-state index contributed by atoms with van der Waals surface area (Å²) in [4.78, 5) is 15.8. The Kier molecular flexibility index (Phi) is 5.37. The minimum atomic E-state index is -0.482. The topological polar surface area (TPSA) is 68.0 Å². The van der Waals surface area contributed by atoms with E-state index < -0.39 is 5.82 Å². The first-order valence-corrected chi connectivity index (χ1v) is 7.89. The Morgan fingerprint density at radius 3 is 3.10 bits per heavy atom. The molecule has 106 valence electrons. The van der Waals surface area contributed by atoms with Crippen LogP contribution in [-0.4, -0.2) is 16.6 Å². The van der Waals surface area contributed by atoms with E-state index in [-0.39, 0.29) is 11.6 Å². The van der Waals surface area contributed by atoms with Crippen LogP contribution < -0.4 is 11.1 Å². The number of amides is 1. The highest BCUT2D eigenvalue weighted by molar-refractivity contribution is 8.00. The number of aromatic nitrogens is 1. The van der Waals surface area contributed by atoms with Gasteiger partial charge in [0.25, 0.3) is 0 Å². The van der Waals surface area contributed by atoms with Gasteiger partial charge in [-0.15, -0.1) is 11.3 Å². The monoisotopic (exact) mass is 311 g/mol. The number of carbonyl (C=O) groups excluding carboxylic acids is 1. The van der Waals surface area contributed by atoms with E-state index in [9.17, 15) is 9.18 Å². The molecule has 2 rings (SSSR count). The zero-order valence-electron chi connectivity index (χ0n) is 10.6. The van der Waals surface area contributed by atoms with Crippen molar-refractivity contribution in [2.24, 2.45) is 0 Å². The normalized spacial score (nSPS) is 10.4. The molecule has 0 radical (unpaired) electrons. The quantitative estimate of drug-likeness (QED) is 0.487. The average molecular weight is 311 g/mol. The van der Waals surface area contributed by atoms with Crippen LogP contribution in [-0.2, 0) is 4.79 Å². The molecule has 7 heteroatoms. The van der Waals surface area contributed by atoms with Crippen LogP contribution >= 0.6 is 23.1 Å². The molecule has 0 aliphatic carbocycles. The molecule has 2 aromatic rings. The third kappa shape index (κ3) is 4.50. The molecule has 1 amide bonds. The molecule has 0 fully saturated rings. The third-order valence-corrected chi connectivity index (χ3v) is 4.50. The van der Waals surface area contributed by atoms with Gasteiger partial charge in [0.15, 0.2) is 0 Å². The van der Waals surface area contributed by atoms with Crippen molar-refractivity contribution in [1.29, 1.82) is 0 Å². The van der Waals surface area contributed by atoms with Gasteiger partial charge < -0.3 is 11.1 Å². The molecule has 0 aliphatic heterocycles. The molecule has 1 aromatic heterocycles. The molecular formula is C13H14FN3OS2. The van der Waals surface area contributed by atoms with Gasteiger partial charge in [-0.05, 0) is 24.6 Å². The first-order chi connectivity index (χ1) is 9.65. The molecule has 1 aromatic carbocycles. The Hall–Kier alpha value is -1.60. The van der Waals surface area contributed by atoms with Crippen LogP contribution in [0.1, 0.15) is 12.8 Å². The number of carbonyl (C=O) groups is 1. The van der Waals surface area contributed by atoms with Crippen LogP contribution in [0.3, 0.4) is 0 Å².